The fourth-order valence-corrected chi connectivity index (χ4v) is 10.0. The van der Waals surface area contributed by atoms with Crippen molar-refractivity contribution in [2.75, 3.05) is 6.67 Å². The van der Waals surface area contributed by atoms with E-state index in [1.807, 2.05) is 49.6 Å². The van der Waals surface area contributed by atoms with Gasteiger partial charge in [0.05, 0.1) is 5.41 Å². The van der Waals surface area contributed by atoms with E-state index in [-0.39, 0.29) is 0 Å². The highest BCUT2D eigenvalue weighted by molar-refractivity contribution is 6.10. The smallest absolute Gasteiger partial charge is 0.115 e. The van der Waals surface area contributed by atoms with Crippen LogP contribution in [0.15, 0.2) is 237 Å². The molecular formula is C61H42N6. The minimum absolute atomic E-state index is 0.514. The highest BCUT2D eigenvalue weighted by Crippen LogP contribution is 2.57. The molecule has 4 heterocycles. The number of hydrogen-bond donors (Lipinski definition) is 1. The Morgan fingerprint density at radius 1 is 0.343 bits per heavy atom. The number of fused-ring (bicyclic) bond motifs is 3. The number of hydrogen-bond acceptors (Lipinski definition) is 6. The second-order valence-corrected chi connectivity index (χ2v) is 17.1. The van der Waals surface area contributed by atoms with Crippen molar-refractivity contribution < 1.29 is 0 Å². The lowest BCUT2D eigenvalue weighted by Gasteiger charge is -2.34. The summed E-state index contributed by atoms with van der Waals surface area (Å²) < 4.78 is 0. The van der Waals surface area contributed by atoms with Crippen molar-refractivity contribution in [2.45, 2.75) is 5.41 Å². The zero-order valence-corrected chi connectivity index (χ0v) is 36.5. The van der Waals surface area contributed by atoms with Gasteiger partial charge in [0.1, 0.15) is 13.0 Å². The highest BCUT2D eigenvalue weighted by Gasteiger charge is 2.46. The average Bonchev–Trinajstić information content (AvgIpc) is 3.72. The van der Waals surface area contributed by atoms with Crippen molar-refractivity contribution in [3.05, 3.63) is 260 Å². The van der Waals surface area contributed by atoms with E-state index in [1.165, 1.54) is 33.4 Å². The number of aromatic nitrogens is 4. The van der Waals surface area contributed by atoms with Crippen LogP contribution < -0.4 is 5.32 Å². The van der Waals surface area contributed by atoms with E-state index in [9.17, 15) is 0 Å². The maximum absolute atomic E-state index is 4.66. The Morgan fingerprint density at radius 3 is 1.40 bits per heavy atom. The SMILES string of the molecule is C1=NCNC=C1c1cncc(-c2cccc(-c3cc(-c4cccc(-c5cncc(-c6cncnc6)c5)c4)cc(-c4ccc5c(c4)C(c4ccccc4)(c4ccccc4)c4ccccc4-5)c3)c2)c1. The summed E-state index contributed by atoms with van der Waals surface area (Å²) in [7, 11) is 0. The summed E-state index contributed by atoms with van der Waals surface area (Å²) in [4.78, 5) is 22.2. The van der Waals surface area contributed by atoms with Crippen LogP contribution in [0.5, 0.6) is 0 Å². The van der Waals surface area contributed by atoms with Crippen molar-refractivity contribution >= 4 is 11.8 Å². The molecule has 12 rings (SSSR count). The first-order valence-electron chi connectivity index (χ1n) is 22.5. The molecule has 7 aromatic carbocycles. The molecular weight excluding hydrogens is 817 g/mol. The minimum atomic E-state index is -0.514. The number of rotatable bonds is 9. The predicted octanol–water partition coefficient (Wildman–Crippen LogP) is 13.6. The molecule has 0 fully saturated rings. The third-order valence-electron chi connectivity index (χ3n) is 13.2. The first-order chi connectivity index (χ1) is 33.2. The van der Waals surface area contributed by atoms with Gasteiger partial charge in [-0.1, -0.05) is 133 Å². The van der Waals surface area contributed by atoms with Crippen LogP contribution in [-0.2, 0) is 5.41 Å². The maximum atomic E-state index is 4.66. The average molecular weight is 859 g/mol. The van der Waals surface area contributed by atoms with E-state index < -0.39 is 5.41 Å². The van der Waals surface area contributed by atoms with E-state index in [4.69, 9.17) is 0 Å². The second-order valence-electron chi connectivity index (χ2n) is 17.1. The quantitative estimate of drug-likeness (QED) is 0.156. The third-order valence-corrected chi connectivity index (χ3v) is 13.2. The van der Waals surface area contributed by atoms with Gasteiger partial charge in [0.25, 0.3) is 0 Å². The van der Waals surface area contributed by atoms with Gasteiger partial charge in [0.15, 0.2) is 0 Å². The molecule has 3 aromatic heterocycles. The summed E-state index contributed by atoms with van der Waals surface area (Å²) in [6.07, 6.45) is 16.7. The molecule has 1 N–H and O–H groups in total. The van der Waals surface area contributed by atoms with Crippen LogP contribution in [0.3, 0.4) is 0 Å². The van der Waals surface area contributed by atoms with Gasteiger partial charge in [-0.15, -0.1) is 0 Å². The molecule has 1 aliphatic carbocycles. The summed E-state index contributed by atoms with van der Waals surface area (Å²) in [5, 5.41) is 3.23. The van der Waals surface area contributed by atoms with E-state index in [1.54, 1.807) is 6.33 Å². The summed E-state index contributed by atoms with van der Waals surface area (Å²) in [5.41, 5.74) is 21.9. The maximum Gasteiger partial charge on any atom is 0.115 e. The minimum Gasteiger partial charge on any atom is -0.372 e. The van der Waals surface area contributed by atoms with Crippen LogP contribution in [0.1, 0.15) is 27.8 Å². The lowest BCUT2D eigenvalue weighted by Crippen LogP contribution is -2.28. The van der Waals surface area contributed by atoms with Crippen molar-refractivity contribution in [3.8, 4) is 77.9 Å². The second kappa shape index (κ2) is 16.9. The molecule has 0 bridgehead atoms. The number of pyridine rings is 2. The lowest BCUT2D eigenvalue weighted by molar-refractivity contribution is 0.769. The summed E-state index contributed by atoms with van der Waals surface area (Å²) in [6, 6.07) is 66.9. The van der Waals surface area contributed by atoms with Crippen LogP contribution >= 0.6 is 0 Å². The van der Waals surface area contributed by atoms with Gasteiger partial charge in [0, 0.05) is 83.0 Å². The predicted molar refractivity (Wildman–Crippen MR) is 272 cm³/mol. The summed E-state index contributed by atoms with van der Waals surface area (Å²) in [6.45, 7) is 0.582. The molecule has 316 valence electrons. The fourth-order valence-electron chi connectivity index (χ4n) is 10.0. The molecule has 0 unspecified atom stereocenters. The molecule has 0 saturated carbocycles. The van der Waals surface area contributed by atoms with Gasteiger partial charge in [0.2, 0.25) is 0 Å². The van der Waals surface area contributed by atoms with Crippen molar-refractivity contribution in [1.82, 2.24) is 25.3 Å². The monoisotopic (exact) mass is 858 g/mol. The first kappa shape index (κ1) is 39.7. The molecule has 6 heteroatoms. The Kier molecular flexibility index (Phi) is 10.0. The number of nitrogens with one attached hydrogen (secondary N) is 1. The van der Waals surface area contributed by atoms with Crippen molar-refractivity contribution in [1.29, 1.82) is 0 Å². The number of aliphatic imine (C=N–C) groups is 1. The van der Waals surface area contributed by atoms with E-state index >= 15 is 0 Å². The zero-order chi connectivity index (χ0) is 44.6. The summed E-state index contributed by atoms with van der Waals surface area (Å²) in [5.74, 6) is 0. The van der Waals surface area contributed by atoms with Crippen LogP contribution in [0.2, 0.25) is 0 Å². The molecule has 0 radical (unpaired) electrons. The van der Waals surface area contributed by atoms with Crippen LogP contribution in [0, 0.1) is 0 Å². The molecule has 0 amide bonds. The number of benzene rings is 7. The van der Waals surface area contributed by atoms with Gasteiger partial charge in [-0.05, 0) is 126 Å². The third kappa shape index (κ3) is 7.22. The van der Waals surface area contributed by atoms with E-state index in [0.29, 0.717) is 6.67 Å². The van der Waals surface area contributed by atoms with Gasteiger partial charge in [-0.25, -0.2) is 9.97 Å². The molecule has 2 aliphatic rings. The van der Waals surface area contributed by atoms with Crippen LogP contribution in [-0.4, -0.2) is 32.8 Å². The zero-order valence-electron chi connectivity index (χ0n) is 36.5. The van der Waals surface area contributed by atoms with Crippen molar-refractivity contribution in [3.63, 3.8) is 0 Å². The number of allylic oxidation sites excluding steroid dienone is 1. The van der Waals surface area contributed by atoms with Gasteiger partial charge < -0.3 is 5.32 Å². The Morgan fingerprint density at radius 2 is 0.806 bits per heavy atom. The molecule has 1 aliphatic heterocycles. The topological polar surface area (TPSA) is 76.0 Å². The molecule has 6 nitrogen and oxygen atoms in total. The fraction of sp³-hybridized carbons (Fsp3) is 0.0328. The normalized spacial score (nSPS) is 13.3. The van der Waals surface area contributed by atoms with Gasteiger partial charge in [-0.3, -0.25) is 15.0 Å². The highest BCUT2D eigenvalue weighted by atomic mass is 15.0. The van der Waals surface area contributed by atoms with Gasteiger partial charge in [-0.2, -0.15) is 0 Å². The largest absolute Gasteiger partial charge is 0.372 e. The van der Waals surface area contributed by atoms with Gasteiger partial charge >= 0.3 is 0 Å². The lowest BCUT2D eigenvalue weighted by atomic mass is 9.67. The van der Waals surface area contributed by atoms with Crippen LogP contribution in [0.25, 0.3) is 83.5 Å². The molecule has 10 aromatic rings. The van der Waals surface area contributed by atoms with E-state index in [2.05, 4.69) is 212 Å². The van der Waals surface area contributed by atoms with E-state index in [0.717, 1.165) is 77.9 Å². The first-order valence-corrected chi connectivity index (χ1v) is 22.5. The molecule has 67 heavy (non-hydrogen) atoms. The Bertz CT molecular complexity index is 3490. The molecule has 0 atom stereocenters. The number of nitrogens with zero attached hydrogens (tertiary/aromatic N) is 5. The van der Waals surface area contributed by atoms with Crippen molar-refractivity contribution in [2.24, 2.45) is 4.99 Å². The Labute approximate surface area is 389 Å². The molecule has 0 spiro atoms. The Hall–Kier alpha value is -8.87. The summed E-state index contributed by atoms with van der Waals surface area (Å²) >= 11 is 0. The molecule has 0 saturated heterocycles. The standard InChI is InChI=1S/C61H42N6/c1-3-15-55(16-4-1)61(56-17-5-2-6-18-56)59-20-8-7-19-57(59)58-22-21-45(30-60(58)61)48-26-46(41-11-9-13-43(23-41)49-28-51(33-62-31-49)53-35-64-39-65-36-53)25-47(27-48)42-12-10-14-44(24-42)50-29-52(34-63-32-50)54-37-66-40-67-38-54/h1-39,66H,40H2. The Balaban J connectivity index is 1.03. The van der Waals surface area contributed by atoms with Crippen LogP contribution in [0.4, 0.5) is 0 Å².